The van der Waals surface area contributed by atoms with Gasteiger partial charge in [-0.2, -0.15) is 0 Å². The molecule has 1 aromatic heterocycles. The van der Waals surface area contributed by atoms with Crippen LogP contribution in [-0.4, -0.2) is 33.5 Å². The van der Waals surface area contributed by atoms with E-state index in [9.17, 15) is 9.18 Å². The predicted octanol–water partition coefficient (Wildman–Crippen LogP) is 4.66. The van der Waals surface area contributed by atoms with E-state index in [0.29, 0.717) is 29.0 Å². The molecule has 0 radical (unpaired) electrons. The number of halogens is 2. The highest BCUT2D eigenvalue weighted by molar-refractivity contribution is 7.99. The van der Waals surface area contributed by atoms with Gasteiger partial charge in [-0.1, -0.05) is 41.6 Å². The van der Waals surface area contributed by atoms with Gasteiger partial charge in [-0.3, -0.25) is 9.36 Å². The number of benzene rings is 2. The molecule has 3 rings (SSSR count). The molecule has 1 N–H and O–H groups in total. The van der Waals surface area contributed by atoms with E-state index in [-0.39, 0.29) is 16.7 Å². The first-order chi connectivity index (χ1) is 14.0. The lowest BCUT2D eigenvalue weighted by Crippen LogP contribution is -2.15. The van der Waals surface area contributed by atoms with Gasteiger partial charge in [0.1, 0.15) is 11.6 Å². The molecule has 29 heavy (non-hydrogen) atoms. The smallest absolute Gasteiger partial charge is 0.234 e. The van der Waals surface area contributed by atoms with Gasteiger partial charge >= 0.3 is 0 Å². The van der Waals surface area contributed by atoms with Crippen molar-refractivity contribution in [2.45, 2.75) is 11.7 Å². The fraction of sp³-hybridized carbons (Fsp3) is 0.150. The van der Waals surface area contributed by atoms with Gasteiger partial charge in [0, 0.05) is 6.54 Å². The summed E-state index contributed by atoms with van der Waals surface area (Å²) in [5, 5.41) is 11.8. The first-order valence-electron chi connectivity index (χ1n) is 8.58. The van der Waals surface area contributed by atoms with Crippen LogP contribution in [0.2, 0.25) is 5.02 Å². The molecular formula is C20H18ClFN4O2S. The number of amides is 1. The number of nitrogens with zero attached hydrogens (tertiary/aromatic N) is 3. The lowest BCUT2D eigenvalue weighted by atomic mass is 10.2. The first-order valence-corrected chi connectivity index (χ1v) is 9.95. The molecule has 0 aliphatic carbocycles. The van der Waals surface area contributed by atoms with Crippen LogP contribution in [0.3, 0.4) is 0 Å². The lowest BCUT2D eigenvalue weighted by Gasteiger charge is -2.11. The molecule has 0 bridgehead atoms. The third-order valence-electron chi connectivity index (χ3n) is 3.91. The molecule has 0 saturated heterocycles. The van der Waals surface area contributed by atoms with Gasteiger partial charge in [0.2, 0.25) is 5.91 Å². The number of allylic oxidation sites excluding steroid dienone is 1. The van der Waals surface area contributed by atoms with Crippen molar-refractivity contribution in [1.82, 2.24) is 14.8 Å². The number of nitrogens with one attached hydrogen (secondary N) is 1. The molecule has 6 nitrogen and oxygen atoms in total. The second-order valence-corrected chi connectivity index (χ2v) is 7.22. The van der Waals surface area contributed by atoms with Crippen molar-refractivity contribution < 1.29 is 13.9 Å². The molecule has 0 aliphatic heterocycles. The molecule has 150 valence electrons. The fourth-order valence-corrected chi connectivity index (χ4v) is 3.59. The number of anilines is 1. The van der Waals surface area contributed by atoms with Crippen LogP contribution in [-0.2, 0) is 11.3 Å². The summed E-state index contributed by atoms with van der Waals surface area (Å²) in [7, 11) is 1.59. The van der Waals surface area contributed by atoms with Gasteiger partial charge in [0.25, 0.3) is 0 Å². The zero-order valence-corrected chi connectivity index (χ0v) is 17.1. The molecule has 0 atom stereocenters. The molecule has 2 aromatic carbocycles. The zero-order valence-electron chi connectivity index (χ0n) is 15.6. The van der Waals surface area contributed by atoms with Crippen LogP contribution in [0, 0.1) is 5.82 Å². The molecule has 0 aliphatic rings. The molecule has 0 saturated carbocycles. The number of methoxy groups -OCH3 is 1. The van der Waals surface area contributed by atoms with E-state index in [2.05, 4.69) is 22.1 Å². The van der Waals surface area contributed by atoms with Crippen molar-refractivity contribution >= 4 is 35.0 Å². The van der Waals surface area contributed by atoms with Crippen molar-refractivity contribution in [2.24, 2.45) is 0 Å². The van der Waals surface area contributed by atoms with E-state index in [0.717, 1.165) is 11.6 Å². The van der Waals surface area contributed by atoms with Crippen molar-refractivity contribution in [3.63, 3.8) is 0 Å². The number of thioether (sulfide) groups is 1. The first kappa shape index (κ1) is 20.9. The molecule has 3 aromatic rings. The summed E-state index contributed by atoms with van der Waals surface area (Å²) in [6.07, 6.45) is 1.73. The largest absolute Gasteiger partial charge is 0.496 e. The summed E-state index contributed by atoms with van der Waals surface area (Å²) >= 11 is 7.17. The van der Waals surface area contributed by atoms with Crippen LogP contribution < -0.4 is 10.1 Å². The summed E-state index contributed by atoms with van der Waals surface area (Å²) in [5.74, 6) is 0.603. The maximum Gasteiger partial charge on any atom is 0.234 e. The Hall–Kier alpha value is -2.84. The van der Waals surface area contributed by atoms with E-state index in [1.807, 2.05) is 28.8 Å². The highest BCUT2D eigenvalue weighted by Gasteiger charge is 2.18. The monoisotopic (exact) mass is 432 g/mol. The lowest BCUT2D eigenvalue weighted by molar-refractivity contribution is -0.113. The van der Waals surface area contributed by atoms with E-state index in [4.69, 9.17) is 16.3 Å². The standard InChI is InChI=1S/C20H18ClFN4O2S/c1-3-10-26-19(14-6-4-5-7-17(14)28-2)24-25-20(26)29-12-18(27)23-16-9-8-13(22)11-15(16)21/h3-9,11H,1,10,12H2,2H3,(H,23,27). The Morgan fingerprint density at radius 2 is 2.14 bits per heavy atom. The second kappa shape index (κ2) is 9.58. The van der Waals surface area contributed by atoms with Crippen LogP contribution in [0.1, 0.15) is 0 Å². The maximum atomic E-state index is 13.1. The Morgan fingerprint density at radius 3 is 2.86 bits per heavy atom. The highest BCUT2D eigenvalue weighted by Crippen LogP contribution is 2.31. The summed E-state index contributed by atoms with van der Waals surface area (Å²) in [4.78, 5) is 12.3. The van der Waals surface area contributed by atoms with Crippen LogP contribution >= 0.6 is 23.4 Å². The minimum atomic E-state index is -0.469. The number of ether oxygens (including phenoxy) is 1. The van der Waals surface area contributed by atoms with Crippen molar-refractivity contribution in [1.29, 1.82) is 0 Å². The Balaban J connectivity index is 1.76. The Morgan fingerprint density at radius 1 is 1.34 bits per heavy atom. The highest BCUT2D eigenvalue weighted by atomic mass is 35.5. The third kappa shape index (κ3) is 4.96. The van der Waals surface area contributed by atoms with Crippen molar-refractivity contribution in [2.75, 3.05) is 18.2 Å². The summed E-state index contributed by atoms with van der Waals surface area (Å²) in [6, 6.07) is 11.3. The summed E-state index contributed by atoms with van der Waals surface area (Å²) in [6.45, 7) is 4.25. The number of rotatable bonds is 8. The van der Waals surface area contributed by atoms with Gasteiger partial charge < -0.3 is 10.1 Å². The Bertz CT molecular complexity index is 1040. The number of hydrogen-bond donors (Lipinski definition) is 1. The van der Waals surface area contributed by atoms with Crippen molar-refractivity contribution in [3.8, 4) is 17.1 Å². The average Bonchev–Trinajstić information content (AvgIpc) is 3.11. The van der Waals surface area contributed by atoms with Crippen LogP contribution in [0.25, 0.3) is 11.4 Å². The molecule has 0 fully saturated rings. The third-order valence-corrected chi connectivity index (χ3v) is 5.19. The second-order valence-electron chi connectivity index (χ2n) is 5.87. The average molecular weight is 433 g/mol. The number of carbonyl (C=O) groups is 1. The quantitative estimate of drug-likeness (QED) is 0.414. The number of hydrogen-bond acceptors (Lipinski definition) is 5. The van der Waals surface area contributed by atoms with Gasteiger partial charge in [-0.25, -0.2) is 4.39 Å². The molecule has 0 spiro atoms. The predicted molar refractivity (Wildman–Crippen MR) is 113 cm³/mol. The minimum Gasteiger partial charge on any atom is -0.496 e. The Labute approximate surface area is 176 Å². The van der Waals surface area contributed by atoms with Gasteiger partial charge in [-0.15, -0.1) is 16.8 Å². The van der Waals surface area contributed by atoms with E-state index >= 15 is 0 Å². The zero-order chi connectivity index (χ0) is 20.8. The summed E-state index contributed by atoms with van der Waals surface area (Å²) < 4.78 is 20.4. The Kier molecular flexibility index (Phi) is 6.90. The molecule has 0 unspecified atom stereocenters. The van der Waals surface area contributed by atoms with Gasteiger partial charge in [0.05, 0.1) is 29.1 Å². The van der Waals surface area contributed by atoms with Crippen LogP contribution in [0.15, 0.2) is 60.3 Å². The molecule has 1 heterocycles. The summed E-state index contributed by atoms with van der Waals surface area (Å²) in [5.41, 5.74) is 1.14. The minimum absolute atomic E-state index is 0.0783. The van der Waals surface area contributed by atoms with E-state index in [1.54, 1.807) is 13.2 Å². The van der Waals surface area contributed by atoms with Crippen molar-refractivity contribution in [3.05, 3.63) is 66.0 Å². The van der Waals surface area contributed by atoms with Gasteiger partial charge in [-0.05, 0) is 30.3 Å². The van der Waals surface area contributed by atoms with Crippen LogP contribution in [0.5, 0.6) is 5.75 Å². The number of aromatic nitrogens is 3. The molecule has 9 heteroatoms. The van der Waals surface area contributed by atoms with Gasteiger partial charge in [0.15, 0.2) is 11.0 Å². The van der Waals surface area contributed by atoms with Crippen LogP contribution in [0.4, 0.5) is 10.1 Å². The maximum absolute atomic E-state index is 13.1. The van der Waals surface area contributed by atoms with E-state index < -0.39 is 5.82 Å². The SMILES string of the molecule is C=CCn1c(SCC(=O)Nc2ccc(F)cc2Cl)nnc1-c1ccccc1OC. The van der Waals surface area contributed by atoms with E-state index in [1.165, 1.54) is 23.9 Å². The normalized spacial score (nSPS) is 10.6. The molecule has 1 amide bonds. The fourth-order valence-electron chi connectivity index (χ4n) is 2.63. The number of para-hydroxylation sites is 1. The molecular weight excluding hydrogens is 415 g/mol. The topological polar surface area (TPSA) is 69.0 Å². The number of carbonyl (C=O) groups excluding carboxylic acids is 1.